The molecular formula is C21H27N5O3. The SMILES string of the molecule is CCN(CC(=O)NC(C)C)C(=O)c1cc(-c2ccco2)nc2c1cnn2C(C)C. The third-order valence-electron chi connectivity index (χ3n) is 4.51. The molecule has 154 valence electrons. The number of fused-ring (bicyclic) bond motifs is 1. The van der Waals surface area contributed by atoms with Gasteiger partial charge < -0.3 is 14.6 Å². The highest BCUT2D eigenvalue weighted by molar-refractivity contribution is 6.07. The molecule has 0 aliphatic carbocycles. The lowest BCUT2D eigenvalue weighted by Crippen LogP contribution is -2.42. The van der Waals surface area contributed by atoms with Gasteiger partial charge in [-0.2, -0.15) is 5.10 Å². The molecule has 0 saturated heterocycles. The zero-order valence-corrected chi connectivity index (χ0v) is 17.5. The van der Waals surface area contributed by atoms with Gasteiger partial charge in [0.15, 0.2) is 11.4 Å². The van der Waals surface area contributed by atoms with Gasteiger partial charge in [-0.15, -0.1) is 0 Å². The van der Waals surface area contributed by atoms with Crippen LogP contribution in [0.1, 0.15) is 51.0 Å². The number of amides is 2. The molecule has 0 aromatic carbocycles. The van der Waals surface area contributed by atoms with Crippen molar-refractivity contribution in [1.82, 2.24) is 25.0 Å². The number of hydrogen-bond donors (Lipinski definition) is 1. The third kappa shape index (κ3) is 4.31. The van der Waals surface area contributed by atoms with E-state index < -0.39 is 0 Å². The van der Waals surface area contributed by atoms with Gasteiger partial charge in [0.25, 0.3) is 5.91 Å². The molecule has 0 bridgehead atoms. The van der Waals surface area contributed by atoms with Crippen LogP contribution >= 0.6 is 0 Å². The van der Waals surface area contributed by atoms with Crippen molar-refractivity contribution >= 4 is 22.8 Å². The minimum atomic E-state index is -0.241. The summed E-state index contributed by atoms with van der Waals surface area (Å²) in [6, 6.07) is 5.37. The normalized spacial score (nSPS) is 11.4. The number of carbonyl (C=O) groups excluding carboxylic acids is 2. The lowest BCUT2D eigenvalue weighted by atomic mass is 10.1. The summed E-state index contributed by atoms with van der Waals surface area (Å²) in [6.07, 6.45) is 3.22. The zero-order valence-electron chi connectivity index (χ0n) is 17.5. The van der Waals surface area contributed by atoms with Crippen molar-refractivity contribution in [3.05, 3.63) is 36.2 Å². The van der Waals surface area contributed by atoms with E-state index in [0.29, 0.717) is 34.6 Å². The Morgan fingerprint density at radius 2 is 2.03 bits per heavy atom. The number of furan rings is 1. The largest absolute Gasteiger partial charge is 0.463 e. The Bertz CT molecular complexity index is 1000. The van der Waals surface area contributed by atoms with Crippen molar-refractivity contribution < 1.29 is 14.0 Å². The molecule has 1 N–H and O–H groups in total. The third-order valence-corrected chi connectivity index (χ3v) is 4.51. The summed E-state index contributed by atoms with van der Waals surface area (Å²) in [4.78, 5) is 31.8. The minimum absolute atomic E-state index is 0.00820. The number of nitrogens with zero attached hydrogens (tertiary/aromatic N) is 4. The summed E-state index contributed by atoms with van der Waals surface area (Å²) in [5.41, 5.74) is 1.61. The fourth-order valence-corrected chi connectivity index (χ4v) is 3.16. The molecule has 0 unspecified atom stereocenters. The first-order valence-electron chi connectivity index (χ1n) is 9.82. The first-order valence-corrected chi connectivity index (χ1v) is 9.82. The lowest BCUT2D eigenvalue weighted by Gasteiger charge is -2.22. The maximum atomic E-state index is 13.4. The zero-order chi connectivity index (χ0) is 21.1. The van der Waals surface area contributed by atoms with Gasteiger partial charge in [0.1, 0.15) is 5.69 Å². The maximum absolute atomic E-state index is 13.4. The molecule has 3 heterocycles. The van der Waals surface area contributed by atoms with Crippen molar-refractivity contribution in [3.63, 3.8) is 0 Å². The van der Waals surface area contributed by atoms with Crippen LogP contribution in [0.4, 0.5) is 0 Å². The maximum Gasteiger partial charge on any atom is 0.255 e. The summed E-state index contributed by atoms with van der Waals surface area (Å²) >= 11 is 0. The fourth-order valence-electron chi connectivity index (χ4n) is 3.16. The molecule has 29 heavy (non-hydrogen) atoms. The first-order chi connectivity index (χ1) is 13.8. The van der Waals surface area contributed by atoms with Crippen molar-refractivity contribution in [3.8, 4) is 11.5 Å². The summed E-state index contributed by atoms with van der Waals surface area (Å²) in [5.74, 6) is 0.137. The van der Waals surface area contributed by atoms with Crippen LogP contribution in [-0.4, -0.2) is 50.6 Å². The first kappa shape index (κ1) is 20.6. The van der Waals surface area contributed by atoms with Crippen LogP contribution in [0.15, 0.2) is 35.1 Å². The summed E-state index contributed by atoms with van der Waals surface area (Å²) in [6.45, 7) is 10.0. The molecule has 0 saturated carbocycles. The number of carbonyl (C=O) groups is 2. The average Bonchev–Trinajstić information content (AvgIpc) is 3.33. The predicted molar refractivity (Wildman–Crippen MR) is 110 cm³/mol. The Labute approximate surface area is 169 Å². The molecule has 0 spiro atoms. The van der Waals surface area contributed by atoms with Crippen LogP contribution in [0.25, 0.3) is 22.5 Å². The van der Waals surface area contributed by atoms with E-state index in [-0.39, 0.29) is 30.4 Å². The molecule has 3 rings (SSSR count). The molecule has 0 radical (unpaired) electrons. The number of likely N-dealkylation sites (N-methyl/N-ethyl adjacent to an activating group) is 1. The molecule has 0 fully saturated rings. The topological polar surface area (TPSA) is 93.3 Å². The van der Waals surface area contributed by atoms with E-state index in [1.54, 1.807) is 35.3 Å². The Hall–Kier alpha value is -3.16. The minimum Gasteiger partial charge on any atom is -0.463 e. The van der Waals surface area contributed by atoms with Crippen LogP contribution < -0.4 is 5.32 Å². The van der Waals surface area contributed by atoms with Crippen LogP contribution in [0.5, 0.6) is 0 Å². The van der Waals surface area contributed by atoms with E-state index >= 15 is 0 Å². The molecule has 8 nitrogen and oxygen atoms in total. The van der Waals surface area contributed by atoms with Gasteiger partial charge in [-0.25, -0.2) is 9.67 Å². The number of hydrogen-bond acceptors (Lipinski definition) is 5. The average molecular weight is 397 g/mol. The predicted octanol–water partition coefficient (Wildman–Crippen LogP) is 3.26. The number of pyridine rings is 1. The van der Waals surface area contributed by atoms with E-state index in [4.69, 9.17) is 4.42 Å². The molecule has 0 aliphatic heterocycles. The van der Waals surface area contributed by atoms with Gasteiger partial charge >= 0.3 is 0 Å². The van der Waals surface area contributed by atoms with Gasteiger partial charge in [-0.1, -0.05) is 0 Å². The quantitative estimate of drug-likeness (QED) is 0.660. The van der Waals surface area contributed by atoms with Crippen LogP contribution in [0, 0.1) is 0 Å². The van der Waals surface area contributed by atoms with Crippen molar-refractivity contribution in [1.29, 1.82) is 0 Å². The van der Waals surface area contributed by atoms with Gasteiger partial charge in [0.2, 0.25) is 5.91 Å². The van der Waals surface area contributed by atoms with Crippen molar-refractivity contribution in [2.75, 3.05) is 13.1 Å². The molecule has 3 aromatic heterocycles. The van der Waals surface area contributed by atoms with Crippen molar-refractivity contribution in [2.45, 2.75) is 46.7 Å². The highest BCUT2D eigenvalue weighted by Crippen LogP contribution is 2.27. The Morgan fingerprint density at radius 3 is 2.62 bits per heavy atom. The summed E-state index contributed by atoms with van der Waals surface area (Å²) in [5, 5.41) is 7.90. The molecule has 0 atom stereocenters. The molecule has 2 amide bonds. The van der Waals surface area contributed by atoms with Crippen LogP contribution in [0.3, 0.4) is 0 Å². The summed E-state index contributed by atoms with van der Waals surface area (Å²) in [7, 11) is 0. The van der Waals surface area contributed by atoms with E-state index in [1.165, 1.54) is 4.90 Å². The van der Waals surface area contributed by atoms with Gasteiger partial charge in [-0.3, -0.25) is 9.59 Å². The van der Waals surface area contributed by atoms with Gasteiger partial charge in [0, 0.05) is 18.6 Å². The molecule has 3 aromatic rings. The van der Waals surface area contributed by atoms with Crippen LogP contribution in [0.2, 0.25) is 0 Å². The van der Waals surface area contributed by atoms with E-state index in [9.17, 15) is 9.59 Å². The van der Waals surface area contributed by atoms with Crippen LogP contribution in [-0.2, 0) is 4.79 Å². The fraction of sp³-hybridized carbons (Fsp3) is 0.429. The highest BCUT2D eigenvalue weighted by atomic mass is 16.3. The molecular weight excluding hydrogens is 370 g/mol. The van der Waals surface area contributed by atoms with E-state index in [2.05, 4.69) is 15.4 Å². The lowest BCUT2D eigenvalue weighted by molar-refractivity contribution is -0.122. The second-order valence-corrected chi connectivity index (χ2v) is 7.49. The second-order valence-electron chi connectivity index (χ2n) is 7.49. The Morgan fingerprint density at radius 1 is 1.28 bits per heavy atom. The number of nitrogens with one attached hydrogen (secondary N) is 1. The summed E-state index contributed by atoms with van der Waals surface area (Å²) < 4.78 is 7.27. The standard InChI is InChI=1S/C21H27N5O3/c1-6-25(12-19(27)23-13(2)3)21(28)15-10-17(18-8-7-9-29-18)24-20-16(15)11-22-26(20)14(4)5/h7-11,13-14H,6,12H2,1-5H3,(H,23,27). The van der Waals surface area contributed by atoms with Gasteiger partial charge in [-0.05, 0) is 52.8 Å². The smallest absolute Gasteiger partial charge is 0.255 e. The van der Waals surface area contributed by atoms with Crippen molar-refractivity contribution in [2.24, 2.45) is 0 Å². The van der Waals surface area contributed by atoms with E-state index in [0.717, 1.165) is 0 Å². The monoisotopic (exact) mass is 397 g/mol. The molecule has 8 heteroatoms. The van der Waals surface area contributed by atoms with Gasteiger partial charge in [0.05, 0.1) is 30.0 Å². The second kappa shape index (κ2) is 8.46. The number of rotatable bonds is 7. The Kier molecular flexibility index (Phi) is 6.00. The Balaban J connectivity index is 2.06. The highest BCUT2D eigenvalue weighted by Gasteiger charge is 2.24. The molecule has 0 aliphatic rings. The number of aromatic nitrogens is 3. The van der Waals surface area contributed by atoms with E-state index in [1.807, 2.05) is 34.6 Å².